The number of amides is 1. The van der Waals surface area contributed by atoms with E-state index in [2.05, 4.69) is 43.1 Å². The average Bonchev–Trinajstić information content (AvgIpc) is 2.96. The fourth-order valence-electron chi connectivity index (χ4n) is 1.24. The van der Waals surface area contributed by atoms with E-state index in [1.165, 1.54) is 0 Å². The van der Waals surface area contributed by atoms with Gasteiger partial charge in [0.2, 0.25) is 0 Å². The van der Waals surface area contributed by atoms with Crippen molar-refractivity contribution >= 4 is 28.5 Å². The van der Waals surface area contributed by atoms with E-state index in [-0.39, 0.29) is 5.89 Å². The molecule has 0 fully saturated rings. The van der Waals surface area contributed by atoms with Crippen molar-refractivity contribution in [1.82, 2.24) is 25.2 Å². The lowest BCUT2D eigenvalue weighted by Gasteiger charge is -1.96. The molecule has 0 aliphatic carbocycles. The lowest BCUT2D eigenvalue weighted by molar-refractivity contribution is 0.0911. The maximum atomic E-state index is 11.5. The predicted octanol–water partition coefficient (Wildman–Crippen LogP) is -0.393. The zero-order valence-electron chi connectivity index (χ0n) is 9.34. The van der Waals surface area contributed by atoms with Crippen molar-refractivity contribution in [3.8, 4) is 0 Å². The van der Waals surface area contributed by atoms with E-state index in [0.29, 0.717) is 25.5 Å². The maximum absolute atomic E-state index is 11.5. The van der Waals surface area contributed by atoms with Crippen molar-refractivity contribution in [2.24, 2.45) is 5.73 Å². The van der Waals surface area contributed by atoms with E-state index < -0.39 is 5.91 Å². The van der Waals surface area contributed by atoms with Crippen LogP contribution in [0.3, 0.4) is 0 Å². The number of nitrogens with one attached hydrogen (secondary N) is 1. The molecule has 2 rings (SSSR count). The minimum Gasteiger partial charge on any atom is -0.347 e. The highest BCUT2D eigenvalue weighted by molar-refractivity contribution is 14.1. The van der Waals surface area contributed by atoms with E-state index in [4.69, 9.17) is 10.3 Å². The Bertz CT molecular complexity index is 537. The second kappa shape index (κ2) is 5.91. The van der Waals surface area contributed by atoms with Crippen LogP contribution in [0.4, 0.5) is 0 Å². The van der Waals surface area contributed by atoms with Crippen molar-refractivity contribution in [3.05, 3.63) is 27.7 Å². The fourth-order valence-corrected chi connectivity index (χ4v) is 1.69. The Morgan fingerprint density at radius 1 is 1.61 bits per heavy atom. The molecule has 0 aliphatic rings. The number of rotatable bonds is 5. The van der Waals surface area contributed by atoms with Crippen molar-refractivity contribution in [2.45, 2.75) is 6.54 Å². The molecule has 96 valence electrons. The molecule has 3 N–H and O–H groups in total. The monoisotopic (exact) mass is 362 g/mol. The zero-order chi connectivity index (χ0) is 13.0. The first kappa shape index (κ1) is 13.0. The lowest BCUT2D eigenvalue weighted by Crippen LogP contribution is -2.29. The molecule has 0 saturated heterocycles. The maximum Gasteiger partial charge on any atom is 0.316 e. The normalized spacial score (nSPS) is 10.6. The highest BCUT2D eigenvalue weighted by Crippen LogP contribution is 2.04. The first-order valence-electron chi connectivity index (χ1n) is 5.18. The first-order chi connectivity index (χ1) is 8.69. The van der Waals surface area contributed by atoms with Gasteiger partial charge in [-0.25, -0.2) is 0 Å². The Hall–Kier alpha value is -1.49. The van der Waals surface area contributed by atoms with E-state index in [0.717, 1.165) is 3.57 Å². The van der Waals surface area contributed by atoms with Crippen molar-refractivity contribution in [1.29, 1.82) is 0 Å². The molecule has 0 radical (unpaired) electrons. The summed E-state index contributed by atoms with van der Waals surface area (Å²) in [5.74, 6) is -0.0954. The van der Waals surface area contributed by atoms with Crippen LogP contribution in [-0.4, -0.2) is 38.9 Å². The largest absolute Gasteiger partial charge is 0.347 e. The van der Waals surface area contributed by atoms with Crippen molar-refractivity contribution in [3.63, 3.8) is 0 Å². The van der Waals surface area contributed by atoms with Crippen LogP contribution in [0.25, 0.3) is 0 Å². The second-order valence-electron chi connectivity index (χ2n) is 3.42. The minimum absolute atomic E-state index is 0.0692. The van der Waals surface area contributed by atoms with Crippen LogP contribution in [0, 0.1) is 3.57 Å². The standard InChI is InChI=1S/C9H11IN6O2/c10-6-3-13-16(4-6)5-7-14-9(18-15-7)8(17)12-2-1-11/h3-4H,1-2,5,11H2,(H,12,17). The molecule has 9 heteroatoms. The Labute approximate surface area is 116 Å². The summed E-state index contributed by atoms with van der Waals surface area (Å²) in [6.07, 6.45) is 3.56. The van der Waals surface area contributed by atoms with E-state index in [1.54, 1.807) is 10.9 Å². The van der Waals surface area contributed by atoms with E-state index in [1.807, 2.05) is 6.20 Å². The van der Waals surface area contributed by atoms with Gasteiger partial charge in [0.25, 0.3) is 0 Å². The predicted molar refractivity (Wildman–Crippen MR) is 69.7 cm³/mol. The Morgan fingerprint density at radius 3 is 3.11 bits per heavy atom. The summed E-state index contributed by atoms with van der Waals surface area (Å²) in [6.45, 7) is 1.09. The number of aromatic nitrogens is 4. The summed E-state index contributed by atoms with van der Waals surface area (Å²) in [4.78, 5) is 15.5. The molecule has 0 unspecified atom stereocenters. The third-order valence-electron chi connectivity index (χ3n) is 2.00. The van der Waals surface area contributed by atoms with Gasteiger partial charge < -0.3 is 15.6 Å². The summed E-state index contributed by atoms with van der Waals surface area (Å²) >= 11 is 2.15. The highest BCUT2D eigenvalue weighted by Gasteiger charge is 2.14. The second-order valence-corrected chi connectivity index (χ2v) is 4.66. The van der Waals surface area contributed by atoms with Crippen LogP contribution in [-0.2, 0) is 6.54 Å². The smallest absolute Gasteiger partial charge is 0.316 e. The topological polar surface area (TPSA) is 112 Å². The van der Waals surface area contributed by atoms with Gasteiger partial charge >= 0.3 is 11.8 Å². The molecule has 2 aromatic rings. The van der Waals surface area contributed by atoms with Crippen LogP contribution in [0.1, 0.15) is 16.5 Å². The van der Waals surface area contributed by atoms with Crippen LogP contribution >= 0.6 is 22.6 Å². The number of halogens is 1. The number of hydrogen-bond acceptors (Lipinski definition) is 6. The molecule has 0 saturated carbocycles. The molecule has 0 aliphatic heterocycles. The third-order valence-corrected chi connectivity index (χ3v) is 2.55. The van der Waals surface area contributed by atoms with Gasteiger partial charge in [-0.05, 0) is 22.6 Å². The number of carbonyl (C=O) groups excluding carboxylic acids is 1. The van der Waals surface area contributed by atoms with Crippen LogP contribution in [0.15, 0.2) is 16.9 Å². The minimum atomic E-state index is -0.422. The molecular weight excluding hydrogens is 351 g/mol. The van der Waals surface area contributed by atoms with Gasteiger partial charge in [-0.15, -0.1) is 0 Å². The molecule has 0 atom stereocenters. The molecular formula is C9H11IN6O2. The average molecular weight is 362 g/mol. The Balaban J connectivity index is 1.99. The van der Waals surface area contributed by atoms with Gasteiger partial charge in [0.15, 0.2) is 5.82 Å². The van der Waals surface area contributed by atoms with Crippen LogP contribution in [0.5, 0.6) is 0 Å². The quantitative estimate of drug-likeness (QED) is 0.701. The lowest BCUT2D eigenvalue weighted by atomic mass is 10.5. The number of carbonyl (C=O) groups is 1. The molecule has 1 amide bonds. The molecule has 2 aromatic heterocycles. The number of nitrogens with two attached hydrogens (primary N) is 1. The summed E-state index contributed by atoms with van der Waals surface area (Å²) in [6, 6.07) is 0. The molecule has 18 heavy (non-hydrogen) atoms. The van der Waals surface area contributed by atoms with Crippen LogP contribution < -0.4 is 11.1 Å². The molecule has 0 spiro atoms. The molecule has 0 bridgehead atoms. The first-order valence-corrected chi connectivity index (χ1v) is 6.25. The fraction of sp³-hybridized carbons (Fsp3) is 0.333. The highest BCUT2D eigenvalue weighted by atomic mass is 127. The Morgan fingerprint density at radius 2 is 2.44 bits per heavy atom. The summed E-state index contributed by atoms with van der Waals surface area (Å²) < 4.78 is 7.52. The summed E-state index contributed by atoms with van der Waals surface area (Å²) in [5, 5.41) is 10.3. The number of nitrogens with zero attached hydrogens (tertiary/aromatic N) is 4. The zero-order valence-corrected chi connectivity index (χ0v) is 11.5. The molecule has 8 nitrogen and oxygen atoms in total. The van der Waals surface area contributed by atoms with Gasteiger partial charge in [0, 0.05) is 19.3 Å². The summed E-state index contributed by atoms with van der Waals surface area (Å²) in [7, 11) is 0. The van der Waals surface area contributed by atoms with Crippen LogP contribution in [0.2, 0.25) is 0 Å². The third kappa shape index (κ3) is 3.26. The van der Waals surface area contributed by atoms with E-state index in [9.17, 15) is 4.79 Å². The van der Waals surface area contributed by atoms with Gasteiger partial charge in [-0.2, -0.15) is 10.1 Å². The van der Waals surface area contributed by atoms with Gasteiger partial charge in [-0.3, -0.25) is 9.48 Å². The molecule has 0 aromatic carbocycles. The van der Waals surface area contributed by atoms with Gasteiger partial charge in [-0.1, -0.05) is 5.16 Å². The molecule has 2 heterocycles. The SMILES string of the molecule is NCCNC(=O)c1nc(Cn2cc(I)cn2)no1. The van der Waals surface area contributed by atoms with E-state index >= 15 is 0 Å². The van der Waals surface area contributed by atoms with Gasteiger partial charge in [0.05, 0.1) is 9.77 Å². The van der Waals surface area contributed by atoms with Gasteiger partial charge in [0.1, 0.15) is 6.54 Å². The summed E-state index contributed by atoms with van der Waals surface area (Å²) in [5.41, 5.74) is 5.27. The Kier molecular flexibility index (Phi) is 4.25. The van der Waals surface area contributed by atoms with Crippen molar-refractivity contribution < 1.29 is 9.32 Å². The number of hydrogen-bond donors (Lipinski definition) is 2. The van der Waals surface area contributed by atoms with Crippen molar-refractivity contribution in [2.75, 3.05) is 13.1 Å².